The van der Waals surface area contributed by atoms with Crippen LogP contribution in [0.5, 0.6) is 0 Å². The highest BCUT2D eigenvalue weighted by molar-refractivity contribution is 8.18. The van der Waals surface area contributed by atoms with Crippen LogP contribution in [0.2, 0.25) is 0 Å². The van der Waals surface area contributed by atoms with Gasteiger partial charge in [0, 0.05) is 9.79 Å². The molecule has 0 atom stereocenters. The lowest BCUT2D eigenvalue weighted by Crippen LogP contribution is -2.28. The number of rotatable bonds is 4. The lowest BCUT2D eigenvalue weighted by atomic mass is 9.99. The van der Waals surface area contributed by atoms with Crippen LogP contribution in [0.1, 0.15) is 19.3 Å². The van der Waals surface area contributed by atoms with Crippen molar-refractivity contribution in [1.82, 2.24) is 0 Å². The zero-order valence-corrected chi connectivity index (χ0v) is 11.8. The van der Waals surface area contributed by atoms with E-state index in [0.29, 0.717) is 4.08 Å². The first-order chi connectivity index (χ1) is 8.86. The van der Waals surface area contributed by atoms with E-state index < -0.39 is 0 Å². The van der Waals surface area contributed by atoms with E-state index in [9.17, 15) is 0 Å². The molecule has 0 bridgehead atoms. The minimum Gasteiger partial charge on any atom is -0.108 e. The third-order valence-corrected chi connectivity index (χ3v) is 6.29. The van der Waals surface area contributed by atoms with Gasteiger partial charge in [0.05, 0.1) is 4.08 Å². The maximum absolute atomic E-state index is 2.22. The van der Waals surface area contributed by atoms with Crippen LogP contribution in [0, 0.1) is 0 Å². The largest absolute Gasteiger partial charge is 0.108 e. The summed E-state index contributed by atoms with van der Waals surface area (Å²) in [6.07, 6.45) is 3.98. The first kappa shape index (κ1) is 12.2. The second-order valence-corrected chi connectivity index (χ2v) is 7.77. The summed E-state index contributed by atoms with van der Waals surface area (Å²) in [5, 5.41) is 0. The Morgan fingerprint density at radius 1 is 0.667 bits per heavy atom. The second-order valence-electron chi connectivity index (χ2n) is 4.59. The van der Waals surface area contributed by atoms with Crippen LogP contribution in [0.3, 0.4) is 0 Å². The Kier molecular flexibility index (Phi) is 3.67. The molecule has 0 aromatic heterocycles. The molecule has 0 spiro atoms. The van der Waals surface area contributed by atoms with E-state index in [-0.39, 0.29) is 0 Å². The Morgan fingerprint density at radius 3 is 1.44 bits per heavy atom. The minimum absolute atomic E-state index is 0.364. The van der Waals surface area contributed by atoms with Gasteiger partial charge in [-0.25, -0.2) is 0 Å². The second kappa shape index (κ2) is 5.41. The van der Waals surface area contributed by atoms with E-state index in [1.165, 1.54) is 29.1 Å². The van der Waals surface area contributed by atoms with Gasteiger partial charge in [-0.15, -0.1) is 23.5 Å². The Morgan fingerprint density at radius 2 is 1.11 bits per heavy atom. The van der Waals surface area contributed by atoms with Crippen molar-refractivity contribution >= 4 is 23.5 Å². The van der Waals surface area contributed by atoms with Gasteiger partial charge in [-0.05, 0) is 43.5 Å². The molecule has 1 aliphatic carbocycles. The van der Waals surface area contributed by atoms with E-state index in [2.05, 4.69) is 60.7 Å². The summed E-state index contributed by atoms with van der Waals surface area (Å²) in [6, 6.07) is 21.6. The third-order valence-electron chi connectivity index (χ3n) is 3.21. The molecule has 2 aromatic carbocycles. The first-order valence-corrected chi connectivity index (χ1v) is 7.98. The molecule has 0 heterocycles. The molecule has 0 radical (unpaired) electrons. The van der Waals surface area contributed by atoms with E-state index in [4.69, 9.17) is 0 Å². The summed E-state index contributed by atoms with van der Waals surface area (Å²) in [7, 11) is 0. The highest BCUT2D eigenvalue weighted by Crippen LogP contribution is 2.57. The molecule has 2 heteroatoms. The SMILES string of the molecule is c1ccc(SC2(Sc3ccccc3)CCC2)cc1. The number of hydrogen-bond acceptors (Lipinski definition) is 2. The predicted molar refractivity (Wildman–Crippen MR) is 81.2 cm³/mol. The van der Waals surface area contributed by atoms with E-state index in [1.54, 1.807) is 0 Å². The Balaban J connectivity index is 1.75. The lowest BCUT2D eigenvalue weighted by molar-refractivity contribution is 0.484. The summed E-state index contributed by atoms with van der Waals surface area (Å²) in [5.41, 5.74) is 0. The highest BCUT2D eigenvalue weighted by atomic mass is 32.2. The number of benzene rings is 2. The van der Waals surface area contributed by atoms with Gasteiger partial charge in [0.25, 0.3) is 0 Å². The third kappa shape index (κ3) is 2.76. The fraction of sp³-hybridized carbons (Fsp3) is 0.250. The molecule has 0 unspecified atom stereocenters. The number of thioether (sulfide) groups is 2. The van der Waals surface area contributed by atoms with Crippen molar-refractivity contribution < 1.29 is 0 Å². The van der Waals surface area contributed by atoms with Gasteiger partial charge in [0.1, 0.15) is 0 Å². The maximum atomic E-state index is 2.22. The maximum Gasteiger partial charge on any atom is 0.0705 e. The summed E-state index contributed by atoms with van der Waals surface area (Å²) in [5.74, 6) is 0. The van der Waals surface area contributed by atoms with Gasteiger partial charge in [-0.3, -0.25) is 0 Å². The van der Waals surface area contributed by atoms with Gasteiger partial charge < -0.3 is 0 Å². The minimum atomic E-state index is 0.364. The lowest BCUT2D eigenvalue weighted by Gasteiger charge is -2.40. The topological polar surface area (TPSA) is 0 Å². The van der Waals surface area contributed by atoms with Crippen molar-refractivity contribution in [2.75, 3.05) is 0 Å². The number of hydrogen-bond donors (Lipinski definition) is 0. The van der Waals surface area contributed by atoms with Gasteiger partial charge in [0.15, 0.2) is 0 Å². The van der Waals surface area contributed by atoms with Crippen LogP contribution in [0.4, 0.5) is 0 Å². The molecule has 2 aromatic rings. The molecule has 0 saturated heterocycles. The van der Waals surface area contributed by atoms with Gasteiger partial charge >= 0.3 is 0 Å². The van der Waals surface area contributed by atoms with E-state index in [0.717, 1.165) is 0 Å². The van der Waals surface area contributed by atoms with Gasteiger partial charge in [0.2, 0.25) is 0 Å². The average Bonchev–Trinajstić information content (AvgIpc) is 2.39. The smallest absolute Gasteiger partial charge is 0.0705 e. The van der Waals surface area contributed by atoms with Crippen molar-refractivity contribution in [1.29, 1.82) is 0 Å². The molecule has 0 aliphatic heterocycles. The molecule has 92 valence electrons. The molecule has 1 fully saturated rings. The van der Waals surface area contributed by atoms with Crippen LogP contribution in [0.15, 0.2) is 70.5 Å². The fourth-order valence-electron chi connectivity index (χ4n) is 2.10. The molecule has 3 rings (SSSR count). The van der Waals surface area contributed by atoms with Crippen molar-refractivity contribution in [2.24, 2.45) is 0 Å². The molecule has 0 nitrogen and oxygen atoms in total. The highest BCUT2D eigenvalue weighted by Gasteiger charge is 2.39. The Labute approximate surface area is 117 Å². The van der Waals surface area contributed by atoms with E-state index in [1.807, 2.05) is 23.5 Å². The summed E-state index contributed by atoms with van der Waals surface area (Å²) in [4.78, 5) is 2.78. The normalized spacial score (nSPS) is 17.1. The van der Waals surface area contributed by atoms with E-state index >= 15 is 0 Å². The molecule has 18 heavy (non-hydrogen) atoms. The Bertz CT molecular complexity index is 446. The van der Waals surface area contributed by atoms with Crippen LogP contribution < -0.4 is 0 Å². The van der Waals surface area contributed by atoms with Crippen LogP contribution >= 0.6 is 23.5 Å². The zero-order chi connectivity index (χ0) is 12.3. The molecular weight excluding hydrogens is 256 g/mol. The predicted octanol–water partition coefficient (Wildman–Crippen LogP) is 5.45. The Hall–Kier alpha value is -0.860. The van der Waals surface area contributed by atoms with Crippen molar-refractivity contribution in [3.8, 4) is 0 Å². The fourth-order valence-corrected chi connectivity index (χ4v) is 5.27. The standard InChI is InChI=1S/C16H16S2/c1-3-8-14(9-4-1)17-16(12-7-13-16)18-15-10-5-2-6-11-15/h1-6,8-11H,7,12-13H2. The van der Waals surface area contributed by atoms with Gasteiger partial charge in [-0.1, -0.05) is 36.4 Å². The van der Waals surface area contributed by atoms with Gasteiger partial charge in [-0.2, -0.15) is 0 Å². The molecule has 0 amide bonds. The van der Waals surface area contributed by atoms with Crippen LogP contribution in [-0.4, -0.2) is 4.08 Å². The van der Waals surface area contributed by atoms with Crippen LogP contribution in [0.25, 0.3) is 0 Å². The molecule has 1 saturated carbocycles. The zero-order valence-electron chi connectivity index (χ0n) is 10.2. The summed E-state index contributed by atoms with van der Waals surface area (Å²) >= 11 is 4.07. The molecular formula is C16H16S2. The first-order valence-electron chi connectivity index (χ1n) is 6.34. The summed E-state index contributed by atoms with van der Waals surface area (Å²) < 4.78 is 0.364. The molecule has 1 aliphatic rings. The summed E-state index contributed by atoms with van der Waals surface area (Å²) in [6.45, 7) is 0. The van der Waals surface area contributed by atoms with Crippen molar-refractivity contribution in [3.05, 3.63) is 60.7 Å². The monoisotopic (exact) mass is 272 g/mol. The average molecular weight is 272 g/mol. The van der Waals surface area contributed by atoms with Crippen molar-refractivity contribution in [3.63, 3.8) is 0 Å². The van der Waals surface area contributed by atoms with Crippen molar-refractivity contribution in [2.45, 2.75) is 33.1 Å². The van der Waals surface area contributed by atoms with Crippen LogP contribution in [-0.2, 0) is 0 Å². The quantitative estimate of drug-likeness (QED) is 0.679. The molecule has 0 N–H and O–H groups in total.